The quantitative estimate of drug-likeness (QED) is 0.897. The molecule has 6 heteroatoms. The van der Waals surface area contributed by atoms with Gasteiger partial charge in [-0.3, -0.25) is 9.59 Å². The summed E-state index contributed by atoms with van der Waals surface area (Å²) in [5.41, 5.74) is -0.0635. The largest absolute Gasteiger partial charge is 0.481 e. The molecule has 1 aromatic heterocycles. The van der Waals surface area contributed by atoms with Gasteiger partial charge in [-0.2, -0.15) is 0 Å². The normalized spacial score (nSPS) is 19.0. The van der Waals surface area contributed by atoms with Gasteiger partial charge in [-0.15, -0.1) is 0 Å². The van der Waals surface area contributed by atoms with Gasteiger partial charge in [0.2, 0.25) is 0 Å². The summed E-state index contributed by atoms with van der Waals surface area (Å²) in [5, 5.41) is 8.79. The lowest BCUT2D eigenvalue weighted by atomic mass is 9.93. The molecule has 1 fully saturated rings. The molecule has 1 unspecified atom stereocenters. The predicted octanol–water partition coefficient (Wildman–Crippen LogP) is 1.91. The van der Waals surface area contributed by atoms with E-state index >= 15 is 0 Å². The lowest BCUT2D eigenvalue weighted by molar-refractivity contribution is -0.137. The van der Waals surface area contributed by atoms with Gasteiger partial charge < -0.3 is 14.6 Å². The zero-order chi connectivity index (χ0) is 15.4. The second kappa shape index (κ2) is 6.74. The monoisotopic (exact) mass is 293 g/mol. The Balaban J connectivity index is 2.13. The average molecular weight is 293 g/mol. The molecule has 116 valence electrons. The molecule has 0 saturated carbocycles. The zero-order valence-corrected chi connectivity index (χ0v) is 12.7. The molecule has 1 aromatic rings. The van der Waals surface area contributed by atoms with Crippen LogP contribution in [0.1, 0.15) is 45.6 Å². The van der Waals surface area contributed by atoms with Crippen LogP contribution in [-0.4, -0.2) is 33.7 Å². The van der Waals surface area contributed by atoms with E-state index in [0.29, 0.717) is 18.2 Å². The van der Waals surface area contributed by atoms with Crippen molar-refractivity contribution in [1.82, 2.24) is 9.55 Å². The number of anilines is 1. The summed E-state index contributed by atoms with van der Waals surface area (Å²) in [6.07, 6.45) is 6.23. The smallest absolute Gasteiger partial charge is 0.303 e. The number of aromatic nitrogens is 2. The van der Waals surface area contributed by atoms with Gasteiger partial charge in [-0.05, 0) is 39.0 Å². The Kier molecular flexibility index (Phi) is 4.98. The van der Waals surface area contributed by atoms with Gasteiger partial charge in [0.25, 0.3) is 5.56 Å². The highest BCUT2D eigenvalue weighted by Crippen LogP contribution is 2.23. The maximum atomic E-state index is 12.4. The lowest BCUT2D eigenvalue weighted by Crippen LogP contribution is -2.40. The van der Waals surface area contributed by atoms with Gasteiger partial charge in [0.15, 0.2) is 5.82 Å². The van der Waals surface area contributed by atoms with Crippen LogP contribution < -0.4 is 10.5 Å². The standard InChI is InChI=1S/C15H23N3O3/c1-11(2)18-9-7-16-14(15(18)21)17-8-3-4-12(10-17)5-6-13(19)20/h7,9,11-12H,3-6,8,10H2,1-2H3,(H,19,20). The number of nitrogens with zero attached hydrogens (tertiary/aromatic N) is 3. The number of carboxylic acid groups (broad SMARTS) is 1. The number of piperidine rings is 1. The first-order valence-electron chi connectivity index (χ1n) is 7.53. The van der Waals surface area contributed by atoms with E-state index in [1.807, 2.05) is 18.7 Å². The van der Waals surface area contributed by atoms with E-state index in [1.54, 1.807) is 17.0 Å². The Hall–Kier alpha value is -1.85. The van der Waals surface area contributed by atoms with Crippen molar-refractivity contribution in [1.29, 1.82) is 0 Å². The molecule has 2 rings (SSSR count). The second-order valence-electron chi connectivity index (χ2n) is 5.94. The van der Waals surface area contributed by atoms with Crippen molar-refractivity contribution in [3.63, 3.8) is 0 Å². The van der Waals surface area contributed by atoms with Gasteiger partial charge in [-0.1, -0.05) is 0 Å². The van der Waals surface area contributed by atoms with E-state index in [4.69, 9.17) is 5.11 Å². The minimum Gasteiger partial charge on any atom is -0.481 e. The van der Waals surface area contributed by atoms with Crippen LogP contribution in [0.4, 0.5) is 5.82 Å². The second-order valence-corrected chi connectivity index (χ2v) is 5.94. The average Bonchev–Trinajstić information content (AvgIpc) is 2.45. The first-order chi connectivity index (χ1) is 9.99. The Morgan fingerprint density at radius 1 is 1.52 bits per heavy atom. The summed E-state index contributed by atoms with van der Waals surface area (Å²) < 4.78 is 1.68. The number of carbonyl (C=O) groups is 1. The summed E-state index contributed by atoms with van der Waals surface area (Å²) in [5.74, 6) is 0.0575. The summed E-state index contributed by atoms with van der Waals surface area (Å²) in [7, 11) is 0. The van der Waals surface area contributed by atoms with Gasteiger partial charge in [-0.25, -0.2) is 4.98 Å². The summed E-state index contributed by atoms with van der Waals surface area (Å²) in [6, 6.07) is 0.104. The third-order valence-electron chi connectivity index (χ3n) is 3.99. The molecule has 0 aromatic carbocycles. The zero-order valence-electron chi connectivity index (χ0n) is 12.7. The molecule has 21 heavy (non-hydrogen) atoms. The van der Waals surface area contributed by atoms with Crippen molar-refractivity contribution in [3.8, 4) is 0 Å². The molecule has 0 amide bonds. The van der Waals surface area contributed by atoms with Crippen molar-refractivity contribution < 1.29 is 9.90 Å². The van der Waals surface area contributed by atoms with Gasteiger partial charge in [0.05, 0.1) is 0 Å². The molecule has 1 aliphatic rings. The Morgan fingerprint density at radius 2 is 2.29 bits per heavy atom. The number of carboxylic acids is 1. The van der Waals surface area contributed by atoms with Crippen LogP contribution in [0.5, 0.6) is 0 Å². The van der Waals surface area contributed by atoms with Crippen LogP contribution in [-0.2, 0) is 4.79 Å². The maximum absolute atomic E-state index is 12.4. The molecule has 1 N–H and O–H groups in total. The maximum Gasteiger partial charge on any atom is 0.303 e. The fraction of sp³-hybridized carbons (Fsp3) is 0.667. The highest BCUT2D eigenvalue weighted by molar-refractivity contribution is 5.66. The lowest BCUT2D eigenvalue weighted by Gasteiger charge is -2.33. The molecule has 0 radical (unpaired) electrons. The number of hydrogen-bond acceptors (Lipinski definition) is 4. The summed E-state index contributed by atoms with van der Waals surface area (Å²) >= 11 is 0. The van der Waals surface area contributed by atoms with Gasteiger partial charge in [0, 0.05) is 37.9 Å². The minimum absolute atomic E-state index is 0.0635. The van der Waals surface area contributed by atoms with Crippen LogP contribution in [0.3, 0.4) is 0 Å². The molecule has 0 spiro atoms. The van der Waals surface area contributed by atoms with Crippen LogP contribution >= 0.6 is 0 Å². The van der Waals surface area contributed by atoms with Gasteiger partial charge in [0.1, 0.15) is 0 Å². The van der Waals surface area contributed by atoms with Crippen molar-refractivity contribution in [3.05, 3.63) is 22.7 Å². The molecule has 2 heterocycles. The van der Waals surface area contributed by atoms with Crippen LogP contribution in [0.25, 0.3) is 0 Å². The Bertz CT molecular complexity index is 553. The third kappa shape index (κ3) is 3.83. The van der Waals surface area contributed by atoms with Crippen molar-refractivity contribution in [2.45, 2.75) is 45.6 Å². The van der Waals surface area contributed by atoms with E-state index in [0.717, 1.165) is 25.9 Å². The molecule has 1 saturated heterocycles. The van der Waals surface area contributed by atoms with Crippen LogP contribution in [0, 0.1) is 5.92 Å². The number of aliphatic carboxylic acids is 1. The minimum atomic E-state index is -0.757. The highest BCUT2D eigenvalue weighted by atomic mass is 16.4. The molecule has 1 atom stereocenters. The topological polar surface area (TPSA) is 75.4 Å². The Morgan fingerprint density at radius 3 is 2.95 bits per heavy atom. The first kappa shape index (κ1) is 15.5. The molecule has 1 aliphatic heterocycles. The number of hydrogen-bond donors (Lipinski definition) is 1. The Labute approximate surface area is 124 Å². The van der Waals surface area contributed by atoms with E-state index in [2.05, 4.69) is 4.98 Å². The van der Waals surface area contributed by atoms with Crippen LogP contribution in [0.2, 0.25) is 0 Å². The predicted molar refractivity (Wildman–Crippen MR) is 80.7 cm³/mol. The highest BCUT2D eigenvalue weighted by Gasteiger charge is 2.23. The molecular weight excluding hydrogens is 270 g/mol. The summed E-state index contributed by atoms with van der Waals surface area (Å²) in [6.45, 7) is 5.47. The SMILES string of the molecule is CC(C)n1ccnc(N2CCCC(CCC(=O)O)C2)c1=O. The fourth-order valence-electron chi connectivity index (χ4n) is 2.86. The molecule has 0 bridgehead atoms. The molecular formula is C15H23N3O3. The first-order valence-corrected chi connectivity index (χ1v) is 7.53. The van der Waals surface area contributed by atoms with Crippen molar-refractivity contribution in [2.75, 3.05) is 18.0 Å². The third-order valence-corrected chi connectivity index (χ3v) is 3.99. The van der Waals surface area contributed by atoms with E-state index in [1.165, 1.54) is 0 Å². The van der Waals surface area contributed by atoms with Crippen molar-refractivity contribution >= 4 is 11.8 Å². The number of rotatable bonds is 5. The van der Waals surface area contributed by atoms with Crippen molar-refractivity contribution in [2.24, 2.45) is 5.92 Å². The molecule has 0 aliphatic carbocycles. The summed E-state index contributed by atoms with van der Waals surface area (Å²) in [4.78, 5) is 29.4. The fourth-order valence-corrected chi connectivity index (χ4v) is 2.86. The van der Waals surface area contributed by atoms with E-state index in [-0.39, 0.29) is 18.0 Å². The van der Waals surface area contributed by atoms with E-state index in [9.17, 15) is 9.59 Å². The van der Waals surface area contributed by atoms with Gasteiger partial charge >= 0.3 is 5.97 Å². The van der Waals surface area contributed by atoms with Crippen LogP contribution in [0.15, 0.2) is 17.2 Å². The van der Waals surface area contributed by atoms with E-state index < -0.39 is 5.97 Å². The molecule has 6 nitrogen and oxygen atoms in total.